The molecule has 0 spiro atoms. The molecule has 32 heavy (non-hydrogen) atoms. The monoisotopic (exact) mass is 434 g/mol. The number of fused-ring (bicyclic) bond motifs is 1. The van der Waals surface area contributed by atoms with Gasteiger partial charge in [0.25, 0.3) is 5.91 Å². The Balaban J connectivity index is 1.23. The number of ether oxygens (including phenoxy) is 2. The fourth-order valence-corrected chi connectivity index (χ4v) is 4.43. The number of carbonyl (C=O) groups is 1. The number of methoxy groups -OCH3 is 1. The number of carbonyl (C=O) groups excluding carboxylic acids is 1. The zero-order chi connectivity index (χ0) is 21.9. The summed E-state index contributed by atoms with van der Waals surface area (Å²) in [5, 5.41) is 1.04. The van der Waals surface area contributed by atoms with Crippen molar-refractivity contribution in [1.82, 2.24) is 19.4 Å². The van der Waals surface area contributed by atoms with Crippen molar-refractivity contribution < 1.29 is 14.3 Å². The normalized spacial score (nSPS) is 17.5. The Hall–Kier alpha value is -2.90. The summed E-state index contributed by atoms with van der Waals surface area (Å²) in [5.41, 5.74) is 1.79. The lowest BCUT2D eigenvalue weighted by molar-refractivity contribution is 0.0652. The van der Waals surface area contributed by atoms with Gasteiger partial charge in [0.05, 0.1) is 18.3 Å². The SMILES string of the molecule is COCCN1CCC(Oc2ccc(-n3ccc4cc(C(=O)N5CCC5)ccc43)nc2)CC1. The molecular formula is C25H30N4O3. The van der Waals surface area contributed by atoms with E-state index in [1.807, 2.05) is 52.1 Å². The van der Waals surface area contributed by atoms with Crippen molar-refractivity contribution in [3.63, 3.8) is 0 Å². The van der Waals surface area contributed by atoms with Crippen molar-refractivity contribution in [3.05, 3.63) is 54.4 Å². The Morgan fingerprint density at radius 1 is 1.09 bits per heavy atom. The van der Waals surface area contributed by atoms with Gasteiger partial charge in [-0.2, -0.15) is 0 Å². The Labute approximate surface area is 188 Å². The molecule has 2 fully saturated rings. The maximum atomic E-state index is 12.5. The zero-order valence-corrected chi connectivity index (χ0v) is 18.6. The van der Waals surface area contributed by atoms with Crippen LogP contribution in [0.3, 0.4) is 0 Å². The minimum Gasteiger partial charge on any atom is -0.489 e. The Bertz CT molecular complexity index is 1070. The van der Waals surface area contributed by atoms with Gasteiger partial charge in [0.15, 0.2) is 0 Å². The maximum absolute atomic E-state index is 12.5. The van der Waals surface area contributed by atoms with E-state index in [-0.39, 0.29) is 12.0 Å². The van der Waals surface area contributed by atoms with E-state index in [2.05, 4.69) is 9.88 Å². The molecule has 0 aliphatic carbocycles. The minimum atomic E-state index is 0.120. The standard InChI is InChI=1S/C25H30N4O3/c1-31-16-15-27-12-8-21(9-13-27)32-22-4-6-24(26-18-22)29-14-7-19-17-20(3-5-23(19)29)25(30)28-10-2-11-28/h3-7,14,17-18,21H,2,8-13,15-16H2,1H3. The van der Waals surface area contributed by atoms with E-state index in [9.17, 15) is 4.79 Å². The number of hydrogen-bond acceptors (Lipinski definition) is 5. The Kier molecular flexibility index (Phi) is 6.10. The highest BCUT2D eigenvalue weighted by molar-refractivity contribution is 5.98. The minimum absolute atomic E-state index is 0.120. The summed E-state index contributed by atoms with van der Waals surface area (Å²) in [7, 11) is 1.75. The highest BCUT2D eigenvalue weighted by Gasteiger charge is 2.22. The average Bonchev–Trinajstić information content (AvgIpc) is 3.21. The number of rotatable bonds is 7. The molecule has 4 heterocycles. The van der Waals surface area contributed by atoms with Crippen LogP contribution < -0.4 is 4.74 Å². The number of piperidine rings is 1. The third kappa shape index (κ3) is 4.36. The van der Waals surface area contributed by atoms with Gasteiger partial charge >= 0.3 is 0 Å². The lowest BCUT2D eigenvalue weighted by Gasteiger charge is -2.31. The number of nitrogens with zero attached hydrogens (tertiary/aromatic N) is 4. The summed E-state index contributed by atoms with van der Waals surface area (Å²) in [6, 6.07) is 11.9. The maximum Gasteiger partial charge on any atom is 0.253 e. The van der Waals surface area contributed by atoms with E-state index in [1.54, 1.807) is 13.3 Å². The molecule has 0 bridgehead atoms. The van der Waals surface area contributed by atoms with Crippen LogP contribution in [0.4, 0.5) is 0 Å². The largest absolute Gasteiger partial charge is 0.489 e. The first kappa shape index (κ1) is 21.0. The van der Waals surface area contributed by atoms with E-state index in [0.29, 0.717) is 0 Å². The summed E-state index contributed by atoms with van der Waals surface area (Å²) in [4.78, 5) is 21.4. The molecule has 7 nitrogen and oxygen atoms in total. The van der Waals surface area contributed by atoms with Crippen LogP contribution in [0.2, 0.25) is 0 Å². The molecule has 0 N–H and O–H groups in total. The number of aromatic nitrogens is 2. The number of pyridine rings is 1. The van der Waals surface area contributed by atoms with Crippen molar-refractivity contribution in [2.45, 2.75) is 25.4 Å². The van der Waals surface area contributed by atoms with Crippen LogP contribution >= 0.6 is 0 Å². The predicted octanol–water partition coefficient (Wildman–Crippen LogP) is 3.36. The van der Waals surface area contributed by atoms with Crippen molar-refractivity contribution in [2.75, 3.05) is 46.4 Å². The van der Waals surface area contributed by atoms with Crippen LogP contribution in [-0.4, -0.2) is 77.8 Å². The lowest BCUT2D eigenvalue weighted by atomic mass is 10.1. The van der Waals surface area contributed by atoms with E-state index in [0.717, 1.165) is 86.6 Å². The molecule has 168 valence electrons. The molecule has 0 atom stereocenters. The third-order valence-electron chi connectivity index (χ3n) is 6.50. The first-order valence-corrected chi connectivity index (χ1v) is 11.5. The van der Waals surface area contributed by atoms with Gasteiger partial charge in [-0.3, -0.25) is 4.79 Å². The Morgan fingerprint density at radius 2 is 1.94 bits per heavy atom. The van der Waals surface area contributed by atoms with Gasteiger partial charge in [0, 0.05) is 57.0 Å². The quantitative estimate of drug-likeness (QED) is 0.571. The molecule has 7 heteroatoms. The molecule has 1 aromatic carbocycles. The fourth-order valence-electron chi connectivity index (χ4n) is 4.43. The molecule has 2 aromatic heterocycles. The number of likely N-dealkylation sites (tertiary alicyclic amines) is 2. The molecule has 5 rings (SSSR count). The fraction of sp³-hybridized carbons (Fsp3) is 0.440. The van der Waals surface area contributed by atoms with Gasteiger partial charge in [0.2, 0.25) is 0 Å². The van der Waals surface area contributed by atoms with Crippen molar-refractivity contribution >= 4 is 16.8 Å². The van der Waals surface area contributed by atoms with Crippen LogP contribution in [0.1, 0.15) is 29.6 Å². The van der Waals surface area contributed by atoms with Crippen LogP contribution in [-0.2, 0) is 4.74 Å². The summed E-state index contributed by atoms with van der Waals surface area (Å²) in [6.07, 6.45) is 7.18. The number of benzene rings is 1. The third-order valence-corrected chi connectivity index (χ3v) is 6.50. The molecule has 2 aliphatic rings. The second kappa shape index (κ2) is 9.30. The lowest BCUT2D eigenvalue weighted by Crippen LogP contribution is -2.41. The molecule has 0 unspecified atom stereocenters. The number of amides is 1. The second-order valence-electron chi connectivity index (χ2n) is 8.61. The molecular weight excluding hydrogens is 404 g/mol. The molecule has 2 saturated heterocycles. The van der Waals surface area contributed by atoms with Gasteiger partial charge in [-0.25, -0.2) is 4.98 Å². The first-order chi connectivity index (χ1) is 15.7. The van der Waals surface area contributed by atoms with Gasteiger partial charge in [-0.05, 0) is 55.7 Å². The molecule has 0 saturated carbocycles. The van der Waals surface area contributed by atoms with Crippen molar-refractivity contribution in [1.29, 1.82) is 0 Å². The average molecular weight is 435 g/mol. The summed E-state index contributed by atoms with van der Waals surface area (Å²) in [5.74, 6) is 1.77. The van der Waals surface area contributed by atoms with Crippen LogP contribution in [0.5, 0.6) is 5.75 Å². The summed E-state index contributed by atoms with van der Waals surface area (Å²) in [6.45, 7) is 5.57. The second-order valence-corrected chi connectivity index (χ2v) is 8.61. The van der Waals surface area contributed by atoms with Crippen LogP contribution in [0.25, 0.3) is 16.7 Å². The number of hydrogen-bond donors (Lipinski definition) is 0. The highest BCUT2D eigenvalue weighted by Crippen LogP contribution is 2.24. The molecule has 1 amide bonds. The Morgan fingerprint density at radius 3 is 2.62 bits per heavy atom. The van der Waals surface area contributed by atoms with Gasteiger partial charge in [-0.15, -0.1) is 0 Å². The van der Waals surface area contributed by atoms with Gasteiger partial charge in [-0.1, -0.05) is 0 Å². The first-order valence-electron chi connectivity index (χ1n) is 11.5. The highest BCUT2D eigenvalue weighted by atomic mass is 16.5. The molecule has 2 aliphatic heterocycles. The smallest absolute Gasteiger partial charge is 0.253 e. The van der Waals surface area contributed by atoms with Crippen molar-refractivity contribution in [3.8, 4) is 11.6 Å². The van der Waals surface area contributed by atoms with E-state index in [4.69, 9.17) is 9.47 Å². The van der Waals surface area contributed by atoms with Gasteiger partial charge in [0.1, 0.15) is 17.7 Å². The van der Waals surface area contributed by atoms with Crippen LogP contribution in [0, 0.1) is 0 Å². The summed E-state index contributed by atoms with van der Waals surface area (Å²) < 4.78 is 13.4. The van der Waals surface area contributed by atoms with Crippen LogP contribution in [0.15, 0.2) is 48.8 Å². The van der Waals surface area contributed by atoms with E-state index in [1.165, 1.54) is 0 Å². The zero-order valence-electron chi connectivity index (χ0n) is 18.6. The molecule has 3 aromatic rings. The predicted molar refractivity (Wildman–Crippen MR) is 124 cm³/mol. The molecule has 0 radical (unpaired) electrons. The van der Waals surface area contributed by atoms with Gasteiger partial charge < -0.3 is 23.8 Å². The van der Waals surface area contributed by atoms with E-state index >= 15 is 0 Å². The van der Waals surface area contributed by atoms with E-state index < -0.39 is 0 Å². The topological polar surface area (TPSA) is 59.8 Å². The van der Waals surface area contributed by atoms with Crippen molar-refractivity contribution in [2.24, 2.45) is 0 Å². The summed E-state index contributed by atoms with van der Waals surface area (Å²) >= 11 is 0.